The molecule has 1 amide bonds. The fraction of sp³-hybridized carbons (Fsp3) is 0.842. The molecule has 0 aromatic heterocycles. The van der Waals surface area contributed by atoms with Crippen LogP contribution < -0.4 is 5.32 Å². The van der Waals surface area contributed by atoms with Crippen molar-refractivity contribution < 1.29 is 24.1 Å². The summed E-state index contributed by atoms with van der Waals surface area (Å²) in [6.45, 7) is 3.57. The van der Waals surface area contributed by atoms with Crippen LogP contribution in [0.2, 0.25) is 0 Å². The molecule has 1 aliphatic heterocycles. The predicted molar refractivity (Wildman–Crippen MR) is 94.7 cm³/mol. The normalized spacial score (nSPS) is 27.0. The van der Waals surface area contributed by atoms with Crippen molar-refractivity contribution in [3.05, 3.63) is 11.8 Å². The number of allylic oxidation sites excluding steroid dienone is 1. The minimum atomic E-state index is -0.421. The fourth-order valence-electron chi connectivity index (χ4n) is 4.02. The summed E-state index contributed by atoms with van der Waals surface area (Å²) in [6.07, 6.45) is 8.03. The number of aliphatic hydroxyl groups is 1. The molecule has 0 radical (unpaired) electrons. The zero-order chi connectivity index (χ0) is 18.1. The summed E-state index contributed by atoms with van der Waals surface area (Å²) < 4.78 is 16.7. The molecule has 2 rings (SSSR count). The molecule has 3 atom stereocenters. The first-order valence-corrected chi connectivity index (χ1v) is 9.59. The highest BCUT2D eigenvalue weighted by Gasteiger charge is 2.41. The molecule has 0 aromatic carbocycles. The number of aliphatic hydroxyl groups excluding tert-OH is 1. The molecule has 1 heterocycles. The average Bonchev–Trinajstić information content (AvgIpc) is 3.15. The molecule has 2 N–H and O–H groups in total. The number of methoxy groups -OCH3 is 1. The van der Waals surface area contributed by atoms with Gasteiger partial charge >= 0.3 is 0 Å². The Hall–Kier alpha value is -1.11. The number of ether oxygens (including phenoxy) is 3. The Morgan fingerprint density at radius 3 is 2.80 bits per heavy atom. The van der Waals surface area contributed by atoms with E-state index in [-0.39, 0.29) is 24.3 Å². The molecule has 144 valence electrons. The SMILES string of the molecule is CCO[C@H]1OC(C(=O)NCCOC)=C[C@@H](C2CCCC2)[C@@H]1CCCO. The Kier molecular flexibility index (Phi) is 8.72. The van der Waals surface area contributed by atoms with E-state index < -0.39 is 6.29 Å². The molecule has 0 aromatic rings. The second-order valence-corrected chi connectivity index (χ2v) is 6.87. The van der Waals surface area contributed by atoms with Crippen molar-refractivity contribution in [2.24, 2.45) is 17.8 Å². The van der Waals surface area contributed by atoms with E-state index in [1.54, 1.807) is 7.11 Å². The molecule has 1 saturated carbocycles. The first-order valence-electron chi connectivity index (χ1n) is 9.59. The quantitative estimate of drug-likeness (QED) is 0.588. The number of nitrogens with one attached hydrogen (secondary N) is 1. The topological polar surface area (TPSA) is 77.0 Å². The van der Waals surface area contributed by atoms with Crippen LogP contribution in [-0.4, -0.2) is 50.8 Å². The molecule has 0 saturated heterocycles. The van der Waals surface area contributed by atoms with Gasteiger partial charge in [0.1, 0.15) is 0 Å². The highest BCUT2D eigenvalue weighted by atomic mass is 16.7. The molecule has 0 spiro atoms. The van der Waals surface area contributed by atoms with Crippen LogP contribution in [-0.2, 0) is 19.0 Å². The van der Waals surface area contributed by atoms with Crippen LogP contribution in [0.3, 0.4) is 0 Å². The van der Waals surface area contributed by atoms with Crippen molar-refractivity contribution in [1.82, 2.24) is 5.32 Å². The van der Waals surface area contributed by atoms with Crippen molar-refractivity contribution in [1.29, 1.82) is 0 Å². The summed E-state index contributed by atoms with van der Waals surface area (Å²) in [5, 5.41) is 12.1. The lowest BCUT2D eigenvalue weighted by Crippen LogP contribution is -2.42. The van der Waals surface area contributed by atoms with Gasteiger partial charge in [0.2, 0.25) is 6.29 Å². The lowest BCUT2D eigenvalue weighted by molar-refractivity contribution is -0.176. The van der Waals surface area contributed by atoms with Crippen molar-refractivity contribution in [2.75, 3.05) is 33.5 Å². The zero-order valence-corrected chi connectivity index (χ0v) is 15.5. The summed E-state index contributed by atoms with van der Waals surface area (Å²) in [6, 6.07) is 0. The molecule has 1 aliphatic carbocycles. The van der Waals surface area contributed by atoms with Crippen LogP contribution in [0.15, 0.2) is 11.8 Å². The molecule has 6 heteroatoms. The maximum atomic E-state index is 12.4. The number of carbonyl (C=O) groups is 1. The second-order valence-electron chi connectivity index (χ2n) is 6.87. The van der Waals surface area contributed by atoms with Crippen molar-refractivity contribution >= 4 is 5.91 Å². The summed E-state index contributed by atoms with van der Waals surface area (Å²) in [5.74, 6) is 1.18. The van der Waals surface area contributed by atoms with Gasteiger partial charge in [-0.05, 0) is 50.5 Å². The van der Waals surface area contributed by atoms with E-state index in [1.165, 1.54) is 25.7 Å². The van der Waals surface area contributed by atoms with E-state index in [2.05, 4.69) is 5.32 Å². The van der Waals surface area contributed by atoms with E-state index in [9.17, 15) is 9.90 Å². The Morgan fingerprint density at radius 1 is 1.40 bits per heavy atom. The average molecular weight is 355 g/mol. The van der Waals surface area contributed by atoms with Gasteiger partial charge in [0, 0.05) is 32.8 Å². The smallest absolute Gasteiger partial charge is 0.286 e. The summed E-state index contributed by atoms with van der Waals surface area (Å²) in [5.41, 5.74) is 0. The van der Waals surface area contributed by atoms with Crippen molar-refractivity contribution in [3.63, 3.8) is 0 Å². The first-order chi connectivity index (χ1) is 12.2. The number of hydrogen-bond donors (Lipinski definition) is 2. The van der Waals surface area contributed by atoms with Crippen molar-refractivity contribution in [2.45, 2.75) is 51.7 Å². The lowest BCUT2D eigenvalue weighted by Gasteiger charge is -2.39. The molecule has 25 heavy (non-hydrogen) atoms. The number of rotatable bonds is 10. The van der Waals surface area contributed by atoms with Crippen molar-refractivity contribution in [3.8, 4) is 0 Å². The van der Waals surface area contributed by atoms with E-state index in [4.69, 9.17) is 14.2 Å². The van der Waals surface area contributed by atoms with Crippen LogP contribution in [0.25, 0.3) is 0 Å². The van der Waals surface area contributed by atoms with E-state index in [0.29, 0.717) is 31.4 Å². The van der Waals surface area contributed by atoms with E-state index in [0.717, 1.165) is 12.8 Å². The van der Waals surface area contributed by atoms with Gasteiger partial charge in [-0.3, -0.25) is 4.79 Å². The third-order valence-corrected chi connectivity index (χ3v) is 5.22. The van der Waals surface area contributed by atoms with Gasteiger partial charge < -0.3 is 24.6 Å². The Labute approximate surface area is 150 Å². The van der Waals surface area contributed by atoms with Gasteiger partial charge in [-0.1, -0.05) is 12.8 Å². The fourth-order valence-corrected chi connectivity index (χ4v) is 4.02. The third-order valence-electron chi connectivity index (χ3n) is 5.22. The van der Waals surface area contributed by atoms with Gasteiger partial charge in [-0.15, -0.1) is 0 Å². The zero-order valence-electron chi connectivity index (χ0n) is 15.5. The van der Waals surface area contributed by atoms with Crippen LogP contribution in [0.4, 0.5) is 0 Å². The molecule has 1 fully saturated rings. The van der Waals surface area contributed by atoms with E-state index in [1.807, 2.05) is 13.0 Å². The maximum Gasteiger partial charge on any atom is 0.286 e. The van der Waals surface area contributed by atoms with Crippen LogP contribution in [0.1, 0.15) is 45.4 Å². The highest BCUT2D eigenvalue weighted by molar-refractivity contribution is 5.91. The first kappa shape index (κ1) is 20.2. The van der Waals surface area contributed by atoms with Crippen LogP contribution in [0.5, 0.6) is 0 Å². The largest absolute Gasteiger partial charge is 0.459 e. The van der Waals surface area contributed by atoms with Gasteiger partial charge in [0.15, 0.2) is 5.76 Å². The molecule has 0 unspecified atom stereocenters. The Morgan fingerprint density at radius 2 is 2.16 bits per heavy atom. The summed E-state index contributed by atoms with van der Waals surface area (Å²) in [7, 11) is 1.61. The van der Waals surface area contributed by atoms with Gasteiger partial charge in [-0.25, -0.2) is 0 Å². The van der Waals surface area contributed by atoms with Gasteiger partial charge in [-0.2, -0.15) is 0 Å². The molecule has 6 nitrogen and oxygen atoms in total. The number of carbonyl (C=O) groups excluding carboxylic acids is 1. The summed E-state index contributed by atoms with van der Waals surface area (Å²) in [4.78, 5) is 12.4. The maximum absolute atomic E-state index is 12.4. The monoisotopic (exact) mass is 355 g/mol. The van der Waals surface area contributed by atoms with Crippen LogP contribution >= 0.6 is 0 Å². The predicted octanol–water partition coefficient (Wildman–Crippen LogP) is 2.22. The highest BCUT2D eigenvalue weighted by Crippen LogP contribution is 2.43. The minimum absolute atomic E-state index is 0.167. The minimum Gasteiger partial charge on any atom is -0.459 e. The Bertz CT molecular complexity index is 434. The van der Waals surface area contributed by atoms with E-state index >= 15 is 0 Å². The molecule has 2 aliphatic rings. The van der Waals surface area contributed by atoms with Gasteiger partial charge in [0.25, 0.3) is 5.91 Å². The standard InChI is InChI=1S/C19H33NO5/c1-3-24-19-15(9-6-11-21)16(14-7-4-5-8-14)13-17(25-19)18(22)20-10-12-23-2/h13-16,19,21H,3-12H2,1-2H3,(H,20,22)/t15-,16-,19-/m0/s1. The number of amides is 1. The lowest BCUT2D eigenvalue weighted by atomic mass is 9.76. The Balaban J connectivity index is 2.16. The molecule has 0 bridgehead atoms. The number of hydrogen-bond acceptors (Lipinski definition) is 5. The third kappa shape index (κ3) is 5.69. The second kappa shape index (κ2) is 10.8. The summed E-state index contributed by atoms with van der Waals surface area (Å²) >= 11 is 0. The molecular weight excluding hydrogens is 322 g/mol. The van der Waals surface area contributed by atoms with Crippen LogP contribution in [0, 0.1) is 17.8 Å². The van der Waals surface area contributed by atoms with Gasteiger partial charge in [0.05, 0.1) is 6.61 Å². The molecular formula is C19H33NO5.